The molecule has 2 aromatic rings. The molecule has 1 atom stereocenters. The summed E-state index contributed by atoms with van der Waals surface area (Å²) in [4.78, 5) is 13.6. The van der Waals surface area contributed by atoms with Crippen molar-refractivity contribution in [2.24, 2.45) is 5.92 Å². The lowest BCUT2D eigenvalue weighted by Crippen LogP contribution is -2.48. The lowest BCUT2D eigenvalue weighted by molar-refractivity contribution is -0.127. The van der Waals surface area contributed by atoms with E-state index in [0.29, 0.717) is 31.7 Å². The number of methoxy groups -OCH3 is 1. The first-order valence-electron chi connectivity index (χ1n) is 12.6. The van der Waals surface area contributed by atoms with Crippen molar-refractivity contribution in [2.75, 3.05) is 20.2 Å². The Kier molecular flexibility index (Phi) is 6.77. The van der Waals surface area contributed by atoms with Gasteiger partial charge in [-0.1, -0.05) is 24.6 Å². The SMILES string of the molecule is COc1ccc(S(=O)(=O)N2CCC(C(=O)N[C@H]3CC4(CCCCC4)Oc4ccccc43)CC2)cc1. The van der Waals surface area contributed by atoms with Gasteiger partial charge in [0, 0.05) is 31.0 Å². The highest BCUT2D eigenvalue weighted by Crippen LogP contribution is 2.46. The van der Waals surface area contributed by atoms with E-state index in [1.807, 2.05) is 24.3 Å². The van der Waals surface area contributed by atoms with Crippen LogP contribution in [0.25, 0.3) is 0 Å². The van der Waals surface area contributed by atoms with Crippen molar-refractivity contribution in [2.45, 2.75) is 67.9 Å². The molecule has 1 spiro atoms. The van der Waals surface area contributed by atoms with Crippen molar-refractivity contribution in [1.82, 2.24) is 9.62 Å². The van der Waals surface area contributed by atoms with Gasteiger partial charge in [-0.05, 0) is 68.9 Å². The minimum absolute atomic E-state index is 0.0131. The first kappa shape index (κ1) is 24.1. The molecule has 8 heteroatoms. The third kappa shape index (κ3) is 4.91. The van der Waals surface area contributed by atoms with Gasteiger partial charge in [0.05, 0.1) is 18.0 Å². The van der Waals surface area contributed by atoms with Gasteiger partial charge in [-0.3, -0.25) is 4.79 Å². The molecule has 2 heterocycles. The molecule has 188 valence electrons. The lowest BCUT2D eigenvalue weighted by Gasteiger charge is -2.45. The van der Waals surface area contributed by atoms with Crippen LogP contribution in [0.5, 0.6) is 11.5 Å². The molecule has 3 aliphatic rings. The largest absolute Gasteiger partial charge is 0.497 e. The number of amides is 1. The monoisotopic (exact) mass is 498 g/mol. The number of benzene rings is 2. The highest BCUT2D eigenvalue weighted by molar-refractivity contribution is 7.89. The number of fused-ring (bicyclic) bond motifs is 1. The molecule has 1 saturated carbocycles. The first-order valence-corrected chi connectivity index (χ1v) is 14.1. The Morgan fingerprint density at radius 1 is 1.03 bits per heavy atom. The second kappa shape index (κ2) is 9.82. The number of piperidine rings is 1. The maximum absolute atomic E-state index is 13.3. The molecule has 1 N–H and O–H groups in total. The smallest absolute Gasteiger partial charge is 0.243 e. The van der Waals surface area contributed by atoms with Crippen LogP contribution in [0, 0.1) is 5.92 Å². The minimum Gasteiger partial charge on any atom is -0.497 e. The number of ether oxygens (including phenoxy) is 2. The van der Waals surface area contributed by atoms with Gasteiger partial charge in [0.25, 0.3) is 0 Å². The van der Waals surface area contributed by atoms with Gasteiger partial charge in [0.2, 0.25) is 15.9 Å². The quantitative estimate of drug-likeness (QED) is 0.659. The predicted octanol–water partition coefficient (Wildman–Crippen LogP) is 4.44. The van der Waals surface area contributed by atoms with E-state index < -0.39 is 10.0 Å². The third-order valence-electron chi connectivity index (χ3n) is 7.80. The number of sulfonamides is 1. The van der Waals surface area contributed by atoms with Crippen molar-refractivity contribution in [1.29, 1.82) is 0 Å². The van der Waals surface area contributed by atoms with Crippen LogP contribution in [0.3, 0.4) is 0 Å². The standard InChI is InChI=1S/C27H34N2O5S/c1-33-21-9-11-22(12-10-21)35(31,32)29-17-13-20(14-18-29)26(30)28-24-19-27(15-5-2-6-16-27)34-25-8-4-3-7-23(24)25/h3-4,7-12,20,24H,2,5-6,13-19H2,1H3,(H,28,30)/t24-/m0/s1. The Bertz CT molecular complexity index is 1150. The van der Waals surface area contributed by atoms with E-state index in [-0.39, 0.29) is 28.4 Å². The van der Waals surface area contributed by atoms with Crippen LogP contribution in [-0.4, -0.2) is 44.4 Å². The normalized spacial score (nSPS) is 22.7. The summed E-state index contributed by atoms with van der Waals surface area (Å²) in [5.41, 5.74) is 0.844. The Balaban J connectivity index is 1.24. The van der Waals surface area contributed by atoms with Crippen LogP contribution in [0.15, 0.2) is 53.4 Å². The fourth-order valence-electron chi connectivity index (χ4n) is 5.79. The number of hydrogen-bond donors (Lipinski definition) is 1. The Morgan fingerprint density at radius 3 is 2.40 bits per heavy atom. The molecule has 7 nitrogen and oxygen atoms in total. The van der Waals surface area contributed by atoms with E-state index >= 15 is 0 Å². The van der Waals surface area contributed by atoms with E-state index in [0.717, 1.165) is 43.4 Å². The average molecular weight is 499 g/mol. The van der Waals surface area contributed by atoms with Gasteiger partial charge in [0.15, 0.2) is 0 Å². The van der Waals surface area contributed by atoms with Crippen molar-refractivity contribution in [3.05, 3.63) is 54.1 Å². The molecule has 2 aliphatic heterocycles. The summed E-state index contributed by atoms with van der Waals surface area (Å²) >= 11 is 0. The van der Waals surface area contributed by atoms with Gasteiger partial charge < -0.3 is 14.8 Å². The van der Waals surface area contributed by atoms with Crippen LogP contribution in [0.2, 0.25) is 0 Å². The fraction of sp³-hybridized carbons (Fsp3) is 0.519. The molecule has 1 saturated heterocycles. The minimum atomic E-state index is -3.59. The molecule has 0 bridgehead atoms. The number of carbonyl (C=O) groups is 1. The molecule has 0 unspecified atom stereocenters. The summed E-state index contributed by atoms with van der Waals surface area (Å²) in [6, 6.07) is 14.4. The highest BCUT2D eigenvalue weighted by Gasteiger charge is 2.43. The van der Waals surface area contributed by atoms with E-state index in [9.17, 15) is 13.2 Å². The van der Waals surface area contributed by atoms with Crippen molar-refractivity contribution in [3.63, 3.8) is 0 Å². The molecular weight excluding hydrogens is 464 g/mol. The summed E-state index contributed by atoms with van der Waals surface area (Å²) in [5, 5.41) is 3.31. The molecule has 2 fully saturated rings. The van der Waals surface area contributed by atoms with Gasteiger partial charge in [-0.15, -0.1) is 0 Å². The van der Waals surface area contributed by atoms with Crippen LogP contribution in [0.4, 0.5) is 0 Å². The Hall–Kier alpha value is -2.58. The summed E-state index contributed by atoms with van der Waals surface area (Å²) in [6.07, 6.45) is 7.41. The molecule has 1 aliphatic carbocycles. The summed E-state index contributed by atoms with van der Waals surface area (Å²) in [6.45, 7) is 0.668. The van der Waals surface area contributed by atoms with E-state index in [1.54, 1.807) is 31.4 Å². The summed E-state index contributed by atoms with van der Waals surface area (Å²) in [7, 11) is -2.04. The number of nitrogens with zero attached hydrogens (tertiary/aromatic N) is 1. The van der Waals surface area contributed by atoms with E-state index in [1.165, 1.54) is 10.7 Å². The zero-order valence-corrected chi connectivity index (χ0v) is 21.1. The lowest BCUT2D eigenvalue weighted by atomic mass is 9.77. The van der Waals surface area contributed by atoms with Crippen molar-refractivity contribution >= 4 is 15.9 Å². The Morgan fingerprint density at radius 2 is 1.71 bits per heavy atom. The third-order valence-corrected chi connectivity index (χ3v) is 9.71. The Labute approximate surface area is 207 Å². The van der Waals surface area contributed by atoms with Gasteiger partial charge in [0.1, 0.15) is 17.1 Å². The van der Waals surface area contributed by atoms with Crippen LogP contribution in [-0.2, 0) is 14.8 Å². The van der Waals surface area contributed by atoms with E-state index in [2.05, 4.69) is 5.32 Å². The first-order chi connectivity index (χ1) is 16.9. The number of carbonyl (C=O) groups excluding carboxylic acids is 1. The molecule has 5 rings (SSSR count). The number of nitrogens with one attached hydrogen (secondary N) is 1. The predicted molar refractivity (Wildman–Crippen MR) is 133 cm³/mol. The fourth-order valence-corrected chi connectivity index (χ4v) is 7.26. The summed E-state index contributed by atoms with van der Waals surface area (Å²) < 4.78 is 39.2. The maximum Gasteiger partial charge on any atom is 0.243 e. The zero-order valence-electron chi connectivity index (χ0n) is 20.2. The molecule has 35 heavy (non-hydrogen) atoms. The molecule has 0 aromatic heterocycles. The number of rotatable bonds is 5. The maximum atomic E-state index is 13.3. The van der Waals surface area contributed by atoms with E-state index in [4.69, 9.17) is 9.47 Å². The molecular formula is C27H34N2O5S. The highest BCUT2D eigenvalue weighted by atomic mass is 32.2. The molecule has 1 amide bonds. The molecule has 2 aromatic carbocycles. The van der Waals surface area contributed by atoms with Crippen LogP contribution < -0.4 is 14.8 Å². The van der Waals surface area contributed by atoms with Gasteiger partial charge >= 0.3 is 0 Å². The second-order valence-electron chi connectivity index (χ2n) is 10.0. The average Bonchev–Trinajstić information content (AvgIpc) is 2.89. The topological polar surface area (TPSA) is 84.9 Å². The molecule has 0 radical (unpaired) electrons. The van der Waals surface area contributed by atoms with Crippen LogP contribution in [0.1, 0.15) is 63.0 Å². The van der Waals surface area contributed by atoms with Crippen molar-refractivity contribution < 1.29 is 22.7 Å². The number of hydrogen-bond acceptors (Lipinski definition) is 5. The summed E-state index contributed by atoms with van der Waals surface area (Å²) in [5.74, 6) is 1.31. The van der Waals surface area contributed by atoms with Gasteiger partial charge in [-0.25, -0.2) is 8.42 Å². The van der Waals surface area contributed by atoms with Crippen molar-refractivity contribution in [3.8, 4) is 11.5 Å². The zero-order chi connectivity index (χ0) is 24.5. The number of para-hydroxylation sites is 1. The van der Waals surface area contributed by atoms with Crippen LogP contribution >= 0.6 is 0 Å². The second-order valence-corrected chi connectivity index (χ2v) is 11.9. The van der Waals surface area contributed by atoms with Gasteiger partial charge in [-0.2, -0.15) is 4.31 Å².